The Morgan fingerprint density at radius 1 is 1.42 bits per heavy atom. The molecule has 0 radical (unpaired) electrons. The molecule has 2 aromatic heterocycles. The van der Waals surface area contributed by atoms with E-state index in [0.717, 1.165) is 16.9 Å². The number of aryl methyl sites for hydroxylation is 1. The third-order valence-corrected chi connectivity index (χ3v) is 4.95. The summed E-state index contributed by atoms with van der Waals surface area (Å²) in [6, 6.07) is 3.96. The molecule has 0 bridgehead atoms. The predicted molar refractivity (Wildman–Crippen MR) is 86.7 cm³/mol. The number of pyridine rings is 1. The molecule has 7 nitrogen and oxygen atoms in total. The van der Waals surface area contributed by atoms with Gasteiger partial charge in [0.15, 0.2) is 5.60 Å². The largest absolute Gasteiger partial charge is 0.439 e. The summed E-state index contributed by atoms with van der Waals surface area (Å²) >= 11 is 0. The number of likely N-dealkylation sites (N-methyl/N-ethyl adjacent to an activating group) is 1. The van der Waals surface area contributed by atoms with Crippen molar-refractivity contribution in [2.45, 2.75) is 25.4 Å². The van der Waals surface area contributed by atoms with E-state index < -0.39 is 5.60 Å². The lowest BCUT2D eigenvalue weighted by molar-refractivity contribution is -0.130. The van der Waals surface area contributed by atoms with Gasteiger partial charge in [0, 0.05) is 32.4 Å². The molecule has 7 heteroatoms. The fraction of sp³-hybridized carbons (Fsp3) is 0.471. The molecule has 0 N–H and O–H groups in total. The Balaban J connectivity index is 1.49. The van der Waals surface area contributed by atoms with Crippen molar-refractivity contribution in [3.8, 4) is 0 Å². The topological polar surface area (TPSA) is 67.2 Å². The van der Waals surface area contributed by atoms with Crippen LogP contribution in [0.4, 0.5) is 4.79 Å². The van der Waals surface area contributed by atoms with Crippen molar-refractivity contribution >= 4 is 17.6 Å². The minimum absolute atomic E-state index is 0.0424. The van der Waals surface area contributed by atoms with E-state index in [4.69, 9.17) is 4.74 Å². The highest BCUT2D eigenvalue weighted by Gasteiger charge is 2.49. The predicted octanol–water partition coefficient (Wildman–Crippen LogP) is 1.24. The average Bonchev–Trinajstić information content (AvgIpc) is 3.20. The molecule has 4 heterocycles. The van der Waals surface area contributed by atoms with Crippen molar-refractivity contribution in [3.05, 3.63) is 35.8 Å². The third kappa shape index (κ3) is 2.31. The lowest BCUT2D eigenvalue weighted by Gasteiger charge is -2.21. The van der Waals surface area contributed by atoms with Crippen LogP contribution < -0.4 is 0 Å². The molecule has 2 fully saturated rings. The summed E-state index contributed by atoms with van der Waals surface area (Å²) in [6.45, 7) is 3.64. The fourth-order valence-corrected chi connectivity index (χ4v) is 3.66. The van der Waals surface area contributed by atoms with Gasteiger partial charge in [-0.05, 0) is 18.6 Å². The Morgan fingerprint density at radius 3 is 3.00 bits per heavy atom. The lowest BCUT2D eigenvalue weighted by Crippen LogP contribution is -2.39. The van der Waals surface area contributed by atoms with Crippen LogP contribution in [0.25, 0.3) is 5.65 Å². The molecule has 126 valence electrons. The first kappa shape index (κ1) is 15.0. The minimum atomic E-state index is -0.530. The van der Waals surface area contributed by atoms with E-state index in [-0.39, 0.29) is 12.0 Å². The summed E-state index contributed by atoms with van der Waals surface area (Å²) in [5.74, 6) is 0.0424. The van der Waals surface area contributed by atoms with Gasteiger partial charge in [0.2, 0.25) is 5.91 Å². The molecule has 0 aromatic carbocycles. The number of nitrogens with zero attached hydrogens (tertiary/aromatic N) is 4. The average molecular weight is 328 g/mol. The molecule has 2 amide bonds. The molecule has 24 heavy (non-hydrogen) atoms. The summed E-state index contributed by atoms with van der Waals surface area (Å²) in [4.78, 5) is 32.1. The number of rotatable bonds is 2. The van der Waals surface area contributed by atoms with E-state index >= 15 is 0 Å². The number of carbonyl (C=O) groups is 2. The van der Waals surface area contributed by atoms with Gasteiger partial charge in [-0.25, -0.2) is 9.78 Å². The summed E-state index contributed by atoms with van der Waals surface area (Å²) in [7, 11) is 1.72. The van der Waals surface area contributed by atoms with Crippen LogP contribution in [0.3, 0.4) is 0 Å². The number of hydrogen-bond acceptors (Lipinski definition) is 4. The molecule has 2 aliphatic heterocycles. The van der Waals surface area contributed by atoms with Gasteiger partial charge < -0.3 is 18.9 Å². The Hall–Kier alpha value is -2.57. The Bertz CT molecular complexity index is 830. The van der Waals surface area contributed by atoms with Crippen molar-refractivity contribution < 1.29 is 14.3 Å². The van der Waals surface area contributed by atoms with Gasteiger partial charge in [0.05, 0.1) is 25.2 Å². The third-order valence-electron chi connectivity index (χ3n) is 4.95. The van der Waals surface area contributed by atoms with Crippen LogP contribution in [0.2, 0.25) is 0 Å². The number of amides is 2. The number of hydrogen-bond donors (Lipinski definition) is 0. The van der Waals surface area contributed by atoms with E-state index in [1.807, 2.05) is 29.7 Å². The molecule has 2 aromatic rings. The van der Waals surface area contributed by atoms with Gasteiger partial charge in [-0.3, -0.25) is 4.79 Å². The van der Waals surface area contributed by atoms with E-state index in [0.29, 0.717) is 32.5 Å². The molecule has 0 saturated carbocycles. The van der Waals surface area contributed by atoms with Gasteiger partial charge in [0.25, 0.3) is 0 Å². The first-order chi connectivity index (χ1) is 11.5. The standard InChI is InChI=1S/C17H20N4O3/c1-12-4-3-6-21-13(9-18-15(12)21)8-14(22)20-7-5-17(11-20)10-19(2)16(23)24-17/h3-4,6,9H,5,7-8,10-11H2,1-2H3/t17-/m0/s1. The summed E-state index contributed by atoms with van der Waals surface area (Å²) < 4.78 is 7.46. The van der Waals surface area contributed by atoms with Crippen molar-refractivity contribution in [3.63, 3.8) is 0 Å². The Labute approximate surface area is 139 Å². The van der Waals surface area contributed by atoms with E-state index in [2.05, 4.69) is 4.98 Å². The zero-order chi connectivity index (χ0) is 16.9. The zero-order valence-corrected chi connectivity index (χ0v) is 13.9. The van der Waals surface area contributed by atoms with Crippen LogP contribution in [0.1, 0.15) is 17.7 Å². The SMILES string of the molecule is Cc1cccn2c(CC(=O)N3CC[C@]4(CN(C)C(=O)O4)C3)cnc12. The number of ether oxygens (including phenoxy) is 1. The molecule has 4 rings (SSSR count). The number of carbonyl (C=O) groups excluding carboxylic acids is 2. The van der Waals surface area contributed by atoms with Crippen molar-refractivity contribution in [1.29, 1.82) is 0 Å². The fourth-order valence-electron chi connectivity index (χ4n) is 3.66. The molecule has 2 saturated heterocycles. The highest BCUT2D eigenvalue weighted by atomic mass is 16.6. The first-order valence-corrected chi connectivity index (χ1v) is 8.11. The summed E-state index contributed by atoms with van der Waals surface area (Å²) in [6.07, 6.45) is 4.37. The van der Waals surface area contributed by atoms with Crippen LogP contribution in [0, 0.1) is 6.92 Å². The zero-order valence-electron chi connectivity index (χ0n) is 13.9. The molecular weight excluding hydrogens is 308 g/mol. The van der Waals surface area contributed by atoms with Gasteiger partial charge in [0.1, 0.15) is 5.65 Å². The van der Waals surface area contributed by atoms with Crippen LogP contribution in [0.5, 0.6) is 0 Å². The summed E-state index contributed by atoms with van der Waals surface area (Å²) in [5.41, 5.74) is 2.30. The van der Waals surface area contributed by atoms with Gasteiger partial charge >= 0.3 is 6.09 Å². The van der Waals surface area contributed by atoms with Crippen molar-refractivity contribution in [1.82, 2.24) is 19.2 Å². The van der Waals surface area contributed by atoms with Crippen molar-refractivity contribution in [2.75, 3.05) is 26.7 Å². The maximum atomic E-state index is 12.7. The lowest BCUT2D eigenvalue weighted by atomic mass is 10.0. The highest BCUT2D eigenvalue weighted by Crippen LogP contribution is 2.32. The molecular formula is C17H20N4O3. The second kappa shape index (κ2) is 5.22. The second-order valence-electron chi connectivity index (χ2n) is 6.78. The Morgan fingerprint density at radius 2 is 2.25 bits per heavy atom. The van der Waals surface area contributed by atoms with E-state index in [1.165, 1.54) is 0 Å². The van der Waals surface area contributed by atoms with E-state index in [9.17, 15) is 9.59 Å². The monoisotopic (exact) mass is 328 g/mol. The van der Waals surface area contributed by atoms with Gasteiger partial charge in [-0.15, -0.1) is 0 Å². The maximum absolute atomic E-state index is 12.7. The first-order valence-electron chi connectivity index (χ1n) is 8.11. The Kier molecular flexibility index (Phi) is 3.26. The van der Waals surface area contributed by atoms with Crippen LogP contribution in [0.15, 0.2) is 24.5 Å². The van der Waals surface area contributed by atoms with Gasteiger partial charge in [-0.2, -0.15) is 0 Å². The van der Waals surface area contributed by atoms with E-state index in [1.54, 1.807) is 23.0 Å². The highest BCUT2D eigenvalue weighted by molar-refractivity contribution is 5.79. The van der Waals surface area contributed by atoms with Crippen molar-refractivity contribution in [2.24, 2.45) is 0 Å². The number of aromatic nitrogens is 2. The van der Waals surface area contributed by atoms with Crippen LogP contribution >= 0.6 is 0 Å². The smallest absolute Gasteiger partial charge is 0.410 e. The number of imidazole rings is 1. The summed E-state index contributed by atoms with van der Waals surface area (Å²) in [5, 5.41) is 0. The molecule has 0 unspecified atom stereocenters. The van der Waals surface area contributed by atoms with Gasteiger partial charge in [-0.1, -0.05) is 6.07 Å². The minimum Gasteiger partial charge on any atom is -0.439 e. The molecule has 0 aliphatic carbocycles. The second-order valence-corrected chi connectivity index (χ2v) is 6.78. The molecule has 2 aliphatic rings. The maximum Gasteiger partial charge on any atom is 0.410 e. The molecule has 1 atom stereocenters. The number of fused-ring (bicyclic) bond motifs is 1. The number of likely N-dealkylation sites (tertiary alicyclic amines) is 1. The normalized spacial score (nSPS) is 23.5. The quantitative estimate of drug-likeness (QED) is 0.832. The van der Waals surface area contributed by atoms with Crippen LogP contribution in [-0.2, 0) is 16.0 Å². The van der Waals surface area contributed by atoms with Crippen LogP contribution in [-0.4, -0.2) is 63.5 Å². The molecule has 1 spiro atoms.